The maximum atomic E-state index is 11.8. The number of carboxylic acid groups (broad SMARTS) is 1. The quantitative estimate of drug-likeness (QED) is 0.601. The molecule has 1 amide bonds. The van der Waals surface area contributed by atoms with Crippen molar-refractivity contribution in [2.45, 2.75) is 25.8 Å². The summed E-state index contributed by atoms with van der Waals surface area (Å²) in [6.45, 7) is 4.82. The number of carbonyl (C=O) groups is 1. The van der Waals surface area contributed by atoms with Gasteiger partial charge in [-0.15, -0.1) is 0 Å². The average molecular weight is 463 g/mol. The van der Waals surface area contributed by atoms with E-state index in [0.717, 1.165) is 54.9 Å². The van der Waals surface area contributed by atoms with Gasteiger partial charge in [0.1, 0.15) is 11.6 Å². The normalized spacial score (nSPS) is 22.8. The molecule has 2 saturated heterocycles. The van der Waals surface area contributed by atoms with E-state index in [-0.39, 0.29) is 11.8 Å². The molecule has 178 valence electrons. The Morgan fingerprint density at radius 2 is 1.97 bits per heavy atom. The molecule has 2 aliphatic heterocycles. The van der Waals surface area contributed by atoms with Gasteiger partial charge in [-0.3, -0.25) is 0 Å². The Balaban J connectivity index is 1.62. The van der Waals surface area contributed by atoms with Gasteiger partial charge in [-0.25, -0.2) is 14.8 Å². The highest BCUT2D eigenvalue weighted by molar-refractivity contribution is 5.92. The molecular weight excluding hydrogens is 432 g/mol. The number of nitrogens with zero attached hydrogens (tertiary/aromatic N) is 4. The van der Waals surface area contributed by atoms with Crippen molar-refractivity contribution in [2.24, 2.45) is 11.8 Å². The van der Waals surface area contributed by atoms with E-state index in [2.05, 4.69) is 4.90 Å². The molecule has 3 atom stereocenters. The molecule has 2 aliphatic rings. The molecule has 3 heterocycles. The van der Waals surface area contributed by atoms with Gasteiger partial charge in [0.2, 0.25) is 0 Å². The first-order valence-corrected chi connectivity index (χ1v) is 11.8. The molecule has 0 saturated carbocycles. The van der Waals surface area contributed by atoms with Crippen LogP contribution >= 0.6 is 0 Å². The number of hydrogen-bond acceptors (Lipinski definition) is 6. The van der Waals surface area contributed by atoms with Crippen LogP contribution in [0.5, 0.6) is 5.75 Å². The Kier molecular flexibility index (Phi) is 6.00. The number of piperidine rings is 1. The number of rotatable bonds is 4. The van der Waals surface area contributed by atoms with Crippen LogP contribution in [0.15, 0.2) is 42.5 Å². The lowest BCUT2D eigenvalue weighted by Crippen LogP contribution is -2.53. The van der Waals surface area contributed by atoms with Crippen LogP contribution < -0.4 is 4.90 Å². The number of phenolic OH excluding ortho intramolecular Hbond substituents is 1. The lowest BCUT2D eigenvalue weighted by atomic mass is 9.82. The van der Waals surface area contributed by atoms with Crippen molar-refractivity contribution in [3.63, 3.8) is 0 Å². The third kappa shape index (κ3) is 4.25. The van der Waals surface area contributed by atoms with Crippen molar-refractivity contribution in [1.29, 1.82) is 0 Å². The fourth-order valence-corrected chi connectivity index (χ4v) is 5.23. The number of fused-ring (bicyclic) bond motifs is 1. The fourth-order valence-electron chi connectivity index (χ4n) is 5.23. The standard InChI is InChI=1S/C26H30N4O4/c1-16-7-8-20-22(11-16)27-24(21-5-3-4-6-23(21)31)28-25(20)30-13-18(17-9-10-34-15-17)12-19(14-30)29(2)26(32)33/h3-8,11,17-19,31H,9-10,12-15H2,1-2H3,(H,32,33)/t17?,18?,19-/m0/s1. The highest BCUT2D eigenvalue weighted by Crippen LogP contribution is 2.37. The SMILES string of the molecule is Cc1ccc2c(N3CC(C4CCOC4)C[C@H](N(C)C(=O)O)C3)nc(-c3ccccc3O)nc2c1. The third-order valence-corrected chi connectivity index (χ3v) is 7.22. The van der Waals surface area contributed by atoms with Gasteiger partial charge in [0.25, 0.3) is 0 Å². The minimum Gasteiger partial charge on any atom is -0.507 e. The van der Waals surface area contributed by atoms with E-state index in [1.54, 1.807) is 19.2 Å². The number of para-hydroxylation sites is 1. The Morgan fingerprint density at radius 1 is 1.15 bits per heavy atom. The van der Waals surface area contributed by atoms with Crippen molar-refractivity contribution >= 4 is 22.8 Å². The smallest absolute Gasteiger partial charge is 0.407 e. The van der Waals surface area contributed by atoms with Crippen LogP contribution in [0.1, 0.15) is 18.4 Å². The van der Waals surface area contributed by atoms with Crippen LogP contribution in [0.3, 0.4) is 0 Å². The summed E-state index contributed by atoms with van der Waals surface area (Å²) in [5, 5.41) is 21.1. The molecule has 0 radical (unpaired) electrons. The summed E-state index contributed by atoms with van der Waals surface area (Å²) in [7, 11) is 1.65. The molecule has 2 N–H and O–H groups in total. The third-order valence-electron chi connectivity index (χ3n) is 7.22. The first kappa shape index (κ1) is 22.4. The molecule has 8 heteroatoms. The minimum absolute atomic E-state index is 0.128. The van der Waals surface area contributed by atoms with Gasteiger partial charge >= 0.3 is 6.09 Å². The van der Waals surface area contributed by atoms with Gasteiger partial charge in [-0.2, -0.15) is 0 Å². The Bertz CT molecular complexity index is 1210. The monoisotopic (exact) mass is 462 g/mol. The fraction of sp³-hybridized carbons (Fsp3) is 0.423. The van der Waals surface area contributed by atoms with Crippen molar-refractivity contribution in [2.75, 3.05) is 38.3 Å². The number of benzene rings is 2. The Morgan fingerprint density at radius 3 is 2.71 bits per heavy atom. The molecule has 8 nitrogen and oxygen atoms in total. The summed E-state index contributed by atoms with van der Waals surface area (Å²) in [6, 6.07) is 13.0. The second kappa shape index (κ2) is 9.10. The van der Waals surface area contributed by atoms with Crippen LogP contribution in [-0.2, 0) is 4.74 Å². The Labute approximate surface area is 198 Å². The number of anilines is 1. The van der Waals surface area contributed by atoms with Crippen LogP contribution in [0.25, 0.3) is 22.3 Å². The number of amides is 1. The maximum absolute atomic E-state index is 11.8. The molecule has 1 aromatic heterocycles. The van der Waals surface area contributed by atoms with Crippen molar-refractivity contribution in [3.05, 3.63) is 48.0 Å². The largest absolute Gasteiger partial charge is 0.507 e. The lowest BCUT2D eigenvalue weighted by Gasteiger charge is -2.43. The maximum Gasteiger partial charge on any atom is 0.407 e. The van der Waals surface area contributed by atoms with E-state index in [0.29, 0.717) is 29.8 Å². The zero-order valence-corrected chi connectivity index (χ0v) is 19.5. The first-order chi connectivity index (χ1) is 16.4. The molecular formula is C26H30N4O4. The number of aromatic nitrogens is 2. The second-order valence-corrected chi connectivity index (χ2v) is 9.48. The summed E-state index contributed by atoms with van der Waals surface area (Å²) in [6.07, 6.45) is 0.878. The summed E-state index contributed by atoms with van der Waals surface area (Å²) < 4.78 is 5.67. The van der Waals surface area contributed by atoms with Gasteiger partial charge in [-0.1, -0.05) is 18.2 Å². The van der Waals surface area contributed by atoms with Gasteiger partial charge in [0, 0.05) is 38.7 Å². The van der Waals surface area contributed by atoms with E-state index < -0.39 is 6.09 Å². The van der Waals surface area contributed by atoms with E-state index in [9.17, 15) is 15.0 Å². The van der Waals surface area contributed by atoms with Gasteiger partial charge in [-0.05, 0) is 61.4 Å². The predicted octanol–water partition coefficient (Wildman–Crippen LogP) is 4.15. The van der Waals surface area contributed by atoms with Crippen molar-refractivity contribution in [1.82, 2.24) is 14.9 Å². The van der Waals surface area contributed by atoms with E-state index >= 15 is 0 Å². The number of hydrogen-bond donors (Lipinski definition) is 2. The molecule has 2 aromatic carbocycles. The number of likely N-dealkylation sites (N-methyl/N-ethyl adjacent to an activating group) is 1. The molecule has 3 aromatic rings. The van der Waals surface area contributed by atoms with E-state index in [1.165, 1.54) is 4.90 Å². The van der Waals surface area contributed by atoms with Crippen LogP contribution in [-0.4, -0.2) is 70.6 Å². The zero-order valence-electron chi connectivity index (χ0n) is 19.5. The predicted molar refractivity (Wildman–Crippen MR) is 130 cm³/mol. The molecule has 0 bridgehead atoms. The van der Waals surface area contributed by atoms with E-state index in [4.69, 9.17) is 14.7 Å². The number of aryl methyl sites for hydroxylation is 1. The number of ether oxygens (including phenoxy) is 1. The van der Waals surface area contributed by atoms with Crippen molar-refractivity contribution in [3.8, 4) is 17.1 Å². The lowest BCUT2D eigenvalue weighted by molar-refractivity contribution is 0.112. The minimum atomic E-state index is -0.925. The summed E-state index contributed by atoms with van der Waals surface area (Å²) >= 11 is 0. The summed E-state index contributed by atoms with van der Waals surface area (Å²) in [4.78, 5) is 25.2. The highest BCUT2D eigenvalue weighted by Gasteiger charge is 2.37. The Hall–Kier alpha value is -3.39. The van der Waals surface area contributed by atoms with Crippen LogP contribution in [0.4, 0.5) is 10.6 Å². The van der Waals surface area contributed by atoms with Crippen LogP contribution in [0, 0.1) is 18.8 Å². The van der Waals surface area contributed by atoms with Crippen molar-refractivity contribution < 1.29 is 19.7 Å². The average Bonchev–Trinajstić information content (AvgIpc) is 3.38. The molecule has 0 spiro atoms. The number of aromatic hydroxyl groups is 1. The van der Waals surface area contributed by atoms with E-state index in [1.807, 2.05) is 37.3 Å². The molecule has 2 fully saturated rings. The van der Waals surface area contributed by atoms with Crippen LogP contribution in [0.2, 0.25) is 0 Å². The first-order valence-electron chi connectivity index (χ1n) is 11.8. The highest BCUT2D eigenvalue weighted by atomic mass is 16.5. The van der Waals surface area contributed by atoms with Gasteiger partial charge < -0.3 is 24.7 Å². The topological polar surface area (TPSA) is 99.0 Å². The van der Waals surface area contributed by atoms with Gasteiger partial charge in [0.05, 0.1) is 17.1 Å². The summed E-state index contributed by atoms with van der Waals surface area (Å²) in [5.41, 5.74) is 2.46. The molecule has 5 rings (SSSR count). The second-order valence-electron chi connectivity index (χ2n) is 9.48. The molecule has 34 heavy (non-hydrogen) atoms. The number of phenols is 1. The molecule has 0 aliphatic carbocycles. The van der Waals surface area contributed by atoms with Gasteiger partial charge in [0.15, 0.2) is 5.82 Å². The summed E-state index contributed by atoms with van der Waals surface area (Å²) in [5.74, 6) is 2.06. The zero-order chi connectivity index (χ0) is 23.8. The molecule has 2 unspecified atom stereocenters.